The molecule has 1 aromatic rings. The van der Waals surface area contributed by atoms with E-state index < -0.39 is 6.04 Å². The maximum Gasteiger partial charge on any atom is 0.161 e. The number of aliphatic hydroxyl groups is 1. The van der Waals surface area contributed by atoms with Gasteiger partial charge in [0.05, 0.1) is 26.9 Å². The van der Waals surface area contributed by atoms with Crippen molar-refractivity contribution in [1.29, 1.82) is 5.26 Å². The molecule has 0 aliphatic heterocycles. The average molecular weight is 236 g/mol. The molecule has 0 saturated heterocycles. The first-order valence-corrected chi connectivity index (χ1v) is 5.22. The molecule has 0 aliphatic carbocycles. The second kappa shape index (κ2) is 6.74. The number of nitriles is 1. The van der Waals surface area contributed by atoms with Gasteiger partial charge in [0.25, 0.3) is 0 Å². The topological polar surface area (TPSA) is 74.5 Å². The normalized spacial score (nSPS) is 11.6. The SMILES string of the molecule is COc1ccc(C(C#N)NCCO)cc1OC. The zero-order valence-electron chi connectivity index (χ0n) is 9.93. The summed E-state index contributed by atoms with van der Waals surface area (Å²) < 4.78 is 10.3. The van der Waals surface area contributed by atoms with Gasteiger partial charge in [-0.15, -0.1) is 0 Å². The second-order valence-corrected chi connectivity index (χ2v) is 3.35. The van der Waals surface area contributed by atoms with Gasteiger partial charge in [0.2, 0.25) is 0 Å². The number of benzene rings is 1. The van der Waals surface area contributed by atoms with Gasteiger partial charge in [-0.1, -0.05) is 6.07 Å². The predicted octanol–water partition coefficient (Wildman–Crippen LogP) is 0.850. The van der Waals surface area contributed by atoms with Crippen LogP contribution in [-0.2, 0) is 0 Å². The third kappa shape index (κ3) is 3.34. The van der Waals surface area contributed by atoms with Gasteiger partial charge >= 0.3 is 0 Å². The van der Waals surface area contributed by atoms with Crippen LogP contribution in [0.4, 0.5) is 0 Å². The number of nitrogens with zero attached hydrogens (tertiary/aromatic N) is 1. The van der Waals surface area contributed by atoms with E-state index >= 15 is 0 Å². The van der Waals surface area contributed by atoms with Crippen LogP contribution in [0.5, 0.6) is 11.5 Å². The number of ether oxygens (including phenoxy) is 2. The first-order chi connectivity index (χ1) is 8.26. The van der Waals surface area contributed by atoms with Gasteiger partial charge in [0.15, 0.2) is 11.5 Å². The Morgan fingerprint density at radius 1 is 1.35 bits per heavy atom. The van der Waals surface area contributed by atoms with Crippen molar-refractivity contribution >= 4 is 0 Å². The highest BCUT2D eigenvalue weighted by molar-refractivity contribution is 5.44. The minimum Gasteiger partial charge on any atom is -0.493 e. The van der Waals surface area contributed by atoms with Crippen LogP contribution >= 0.6 is 0 Å². The Bertz CT molecular complexity index is 401. The molecule has 0 aliphatic rings. The molecule has 1 aromatic carbocycles. The Kier molecular flexibility index (Phi) is 5.27. The van der Waals surface area contributed by atoms with E-state index in [1.807, 2.05) is 0 Å². The fourth-order valence-electron chi connectivity index (χ4n) is 1.48. The van der Waals surface area contributed by atoms with E-state index in [1.54, 1.807) is 32.4 Å². The molecule has 17 heavy (non-hydrogen) atoms. The maximum absolute atomic E-state index is 9.03. The van der Waals surface area contributed by atoms with Crippen molar-refractivity contribution in [3.05, 3.63) is 23.8 Å². The number of nitrogens with one attached hydrogen (secondary N) is 1. The minimum absolute atomic E-state index is 0.00846. The fourth-order valence-corrected chi connectivity index (χ4v) is 1.48. The lowest BCUT2D eigenvalue weighted by molar-refractivity contribution is 0.289. The van der Waals surface area contributed by atoms with E-state index in [1.165, 1.54) is 0 Å². The van der Waals surface area contributed by atoms with Gasteiger partial charge in [-0.2, -0.15) is 5.26 Å². The molecule has 0 saturated carbocycles. The van der Waals surface area contributed by atoms with Crippen molar-refractivity contribution < 1.29 is 14.6 Å². The summed E-state index contributed by atoms with van der Waals surface area (Å²) in [5, 5.41) is 20.7. The van der Waals surface area contributed by atoms with Gasteiger partial charge in [-0.05, 0) is 17.7 Å². The van der Waals surface area contributed by atoms with Crippen molar-refractivity contribution in [3.8, 4) is 17.6 Å². The molecule has 0 spiro atoms. The molecule has 1 rings (SSSR count). The van der Waals surface area contributed by atoms with Crippen LogP contribution < -0.4 is 14.8 Å². The molecule has 5 nitrogen and oxygen atoms in total. The van der Waals surface area contributed by atoms with Gasteiger partial charge < -0.3 is 14.6 Å². The van der Waals surface area contributed by atoms with Crippen LogP contribution in [0.15, 0.2) is 18.2 Å². The van der Waals surface area contributed by atoms with Gasteiger partial charge in [0, 0.05) is 6.54 Å². The first kappa shape index (κ1) is 13.3. The number of aliphatic hydroxyl groups excluding tert-OH is 1. The van der Waals surface area contributed by atoms with Crippen LogP contribution in [0.25, 0.3) is 0 Å². The summed E-state index contributed by atoms with van der Waals surface area (Å²) in [5.41, 5.74) is 0.776. The molecule has 0 amide bonds. The zero-order chi connectivity index (χ0) is 12.7. The lowest BCUT2D eigenvalue weighted by atomic mass is 10.1. The standard InChI is InChI=1S/C12H16N2O3/c1-16-11-4-3-9(7-12(11)17-2)10(8-13)14-5-6-15/h3-4,7,10,14-15H,5-6H2,1-2H3. The van der Waals surface area contributed by atoms with E-state index in [0.29, 0.717) is 18.0 Å². The maximum atomic E-state index is 9.03. The molecule has 0 fully saturated rings. The Hall–Kier alpha value is -1.77. The lowest BCUT2D eigenvalue weighted by Gasteiger charge is -2.13. The van der Waals surface area contributed by atoms with Crippen LogP contribution in [0.2, 0.25) is 0 Å². The molecule has 0 heterocycles. The number of hydrogen-bond donors (Lipinski definition) is 2. The van der Waals surface area contributed by atoms with Gasteiger partial charge in [-0.3, -0.25) is 5.32 Å². The Balaban J connectivity index is 2.93. The van der Waals surface area contributed by atoms with Crippen LogP contribution in [0.1, 0.15) is 11.6 Å². The summed E-state index contributed by atoms with van der Waals surface area (Å²) in [6.45, 7) is 0.359. The Morgan fingerprint density at radius 2 is 2.06 bits per heavy atom. The number of methoxy groups -OCH3 is 2. The van der Waals surface area contributed by atoms with Crippen molar-refractivity contribution in [2.75, 3.05) is 27.4 Å². The molecule has 5 heteroatoms. The van der Waals surface area contributed by atoms with Crippen LogP contribution in [0.3, 0.4) is 0 Å². The summed E-state index contributed by atoms with van der Waals surface area (Å²) in [6, 6.07) is 6.94. The summed E-state index contributed by atoms with van der Waals surface area (Å²) in [4.78, 5) is 0. The van der Waals surface area contributed by atoms with E-state index in [0.717, 1.165) is 5.56 Å². The highest BCUT2D eigenvalue weighted by Crippen LogP contribution is 2.29. The molecule has 0 bridgehead atoms. The highest BCUT2D eigenvalue weighted by atomic mass is 16.5. The van der Waals surface area contributed by atoms with E-state index in [2.05, 4.69) is 11.4 Å². The zero-order valence-corrected chi connectivity index (χ0v) is 9.93. The number of rotatable bonds is 6. The van der Waals surface area contributed by atoms with Crippen LogP contribution in [0, 0.1) is 11.3 Å². The lowest BCUT2D eigenvalue weighted by Crippen LogP contribution is -2.23. The van der Waals surface area contributed by atoms with Gasteiger partial charge in [-0.25, -0.2) is 0 Å². The molecule has 1 unspecified atom stereocenters. The molecule has 2 N–H and O–H groups in total. The molecule has 0 aromatic heterocycles. The van der Waals surface area contributed by atoms with Crippen molar-refractivity contribution in [2.45, 2.75) is 6.04 Å². The molecular weight excluding hydrogens is 220 g/mol. The monoisotopic (exact) mass is 236 g/mol. The average Bonchev–Trinajstić information content (AvgIpc) is 2.39. The van der Waals surface area contributed by atoms with E-state index in [4.69, 9.17) is 19.8 Å². The Labute approximate surface area is 101 Å². The molecule has 92 valence electrons. The largest absolute Gasteiger partial charge is 0.493 e. The summed E-state index contributed by atoms with van der Waals surface area (Å²) in [5.74, 6) is 1.20. The van der Waals surface area contributed by atoms with Crippen molar-refractivity contribution in [2.24, 2.45) is 0 Å². The molecule has 1 atom stereocenters. The predicted molar refractivity (Wildman–Crippen MR) is 63.0 cm³/mol. The second-order valence-electron chi connectivity index (χ2n) is 3.35. The van der Waals surface area contributed by atoms with Crippen molar-refractivity contribution in [3.63, 3.8) is 0 Å². The third-order valence-electron chi connectivity index (χ3n) is 2.33. The summed E-state index contributed by atoms with van der Waals surface area (Å²) in [6.07, 6.45) is 0. The third-order valence-corrected chi connectivity index (χ3v) is 2.33. The van der Waals surface area contributed by atoms with E-state index in [-0.39, 0.29) is 6.61 Å². The Morgan fingerprint density at radius 3 is 2.59 bits per heavy atom. The number of hydrogen-bond acceptors (Lipinski definition) is 5. The minimum atomic E-state index is -0.470. The fraction of sp³-hybridized carbons (Fsp3) is 0.417. The van der Waals surface area contributed by atoms with E-state index in [9.17, 15) is 0 Å². The summed E-state index contributed by atoms with van der Waals surface area (Å²) in [7, 11) is 3.10. The summed E-state index contributed by atoms with van der Waals surface area (Å²) >= 11 is 0. The van der Waals surface area contributed by atoms with Crippen LogP contribution in [-0.4, -0.2) is 32.5 Å². The quantitative estimate of drug-likeness (QED) is 0.766. The van der Waals surface area contributed by atoms with Gasteiger partial charge in [0.1, 0.15) is 6.04 Å². The smallest absolute Gasteiger partial charge is 0.161 e. The van der Waals surface area contributed by atoms with Crippen molar-refractivity contribution in [1.82, 2.24) is 5.32 Å². The molecular formula is C12H16N2O3. The molecule has 0 radical (unpaired) electrons. The highest BCUT2D eigenvalue weighted by Gasteiger charge is 2.12. The first-order valence-electron chi connectivity index (χ1n) is 5.22.